The smallest absolute Gasteiger partial charge is 0.00135 e. The first kappa shape index (κ1) is 46.3. The van der Waals surface area contributed by atoms with Gasteiger partial charge in [-0.05, 0) is 57.3 Å². The Morgan fingerprint density at radius 3 is 0.549 bits per heavy atom. The van der Waals surface area contributed by atoms with Crippen LogP contribution in [0.5, 0.6) is 0 Å². The van der Waals surface area contributed by atoms with Crippen LogP contribution in [0.4, 0.5) is 0 Å². The number of hydrogen-bond donors (Lipinski definition) is 0. The fourth-order valence-electron chi connectivity index (χ4n) is 4.93. The van der Waals surface area contributed by atoms with E-state index in [0.29, 0.717) is 0 Å². The van der Waals surface area contributed by atoms with Gasteiger partial charge in [0.2, 0.25) is 0 Å². The van der Waals surface area contributed by atoms with Gasteiger partial charge in [-0.2, -0.15) is 0 Å². The summed E-state index contributed by atoms with van der Waals surface area (Å²) in [6.07, 6.45) is 7.21. The Kier molecular flexibility index (Phi) is 28.4. The third-order valence-corrected chi connectivity index (χ3v) is 6.74. The SMILES string of the molecule is C.CCC.CCC.CCC.CCC.c1ccc2c(c1)Cc1ccccc1-2.c1ccc2c(c1)Cc1ccccc1-2.c1ccccc1.c1ccccc1. The van der Waals surface area contributed by atoms with Gasteiger partial charge in [-0.1, -0.05) is 258 Å². The predicted molar refractivity (Wildman–Crippen MR) is 233 cm³/mol. The lowest BCUT2D eigenvalue weighted by Gasteiger charge is -1.98. The molecule has 51 heavy (non-hydrogen) atoms. The van der Waals surface area contributed by atoms with Gasteiger partial charge in [-0.25, -0.2) is 0 Å². The summed E-state index contributed by atoms with van der Waals surface area (Å²) in [6, 6.07) is 58.6. The number of rotatable bonds is 0. The monoisotopic (exact) mass is 681 g/mol. The molecule has 8 rings (SSSR count). The molecule has 0 radical (unpaired) electrons. The third-order valence-electron chi connectivity index (χ3n) is 6.74. The van der Waals surface area contributed by atoms with Crippen molar-refractivity contribution in [3.8, 4) is 22.3 Å². The number of fused-ring (bicyclic) bond motifs is 6. The maximum absolute atomic E-state index is 2.22. The lowest BCUT2D eigenvalue weighted by molar-refractivity contribution is 1.09. The lowest BCUT2D eigenvalue weighted by Crippen LogP contribution is -1.77. The van der Waals surface area contributed by atoms with Gasteiger partial charge < -0.3 is 0 Å². The Morgan fingerprint density at radius 2 is 0.392 bits per heavy atom. The van der Waals surface area contributed by atoms with E-state index in [1.54, 1.807) is 0 Å². The Balaban J connectivity index is 0.000000611. The summed E-state index contributed by atoms with van der Waals surface area (Å²) in [5, 5.41) is 0. The Labute approximate surface area is 314 Å². The second-order valence-corrected chi connectivity index (χ2v) is 12.1. The Morgan fingerprint density at radius 1 is 0.255 bits per heavy atom. The largest absolute Gasteiger partial charge is 0.0776 e. The zero-order valence-corrected chi connectivity index (χ0v) is 32.4. The first-order chi connectivity index (χ1) is 24.6. The molecule has 0 nitrogen and oxygen atoms in total. The van der Waals surface area contributed by atoms with Crippen molar-refractivity contribution in [1.29, 1.82) is 0 Å². The summed E-state index contributed by atoms with van der Waals surface area (Å²) >= 11 is 0. The van der Waals surface area contributed by atoms with E-state index >= 15 is 0 Å². The average Bonchev–Trinajstić information content (AvgIpc) is 3.74. The fourth-order valence-corrected chi connectivity index (χ4v) is 4.93. The number of benzene rings is 6. The Hall–Kier alpha value is -4.68. The van der Waals surface area contributed by atoms with Crippen LogP contribution in [-0.4, -0.2) is 0 Å². The molecule has 0 atom stereocenters. The normalized spacial score (nSPS) is 9.57. The molecule has 0 N–H and O–H groups in total. The van der Waals surface area contributed by atoms with Crippen molar-refractivity contribution in [2.24, 2.45) is 0 Å². The van der Waals surface area contributed by atoms with Crippen LogP contribution in [0.1, 0.15) is 111 Å². The highest BCUT2D eigenvalue weighted by Crippen LogP contribution is 2.36. The zero-order chi connectivity index (χ0) is 36.7. The Bertz CT molecular complexity index is 1350. The van der Waals surface area contributed by atoms with Crippen LogP contribution in [0.2, 0.25) is 0 Å². The molecule has 2 aliphatic carbocycles. The molecule has 0 unspecified atom stereocenters. The summed E-state index contributed by atoms with van der Waals surface area (Å²) in [6.45, 7) is 17.0. The molecule has 272 valence electrons. The van der Waals surface area contributed by atoms with E-state index in [4.69, 9.17) is 0 Å². The molecule has 6 aromatic rings. The molecule has 0 amide bonds. The zero-order valence-electron chi connectivity index (χ0n) is 32.4. The molecule has 0 heterocycles. The van der Waals surface area contributed by atoms with Gasteiger partial charge in [0.15, 0.2) is 0 Å². The van der Waals surface area contributed by atoms with E-state index < -0.39 is 0 Å². The molecule has 0 fully saturated rings. The van der Waals surface area contributed by atoms with Gasteiger partial charge in [-0.15, -0.1) is 0 Å². The minimum atomic E-state index is 0. The van der Waals surface area contributed by atoms with Gasteiger partial charge in [0.25, 0.3) is 0 Å². The summed E-state index contributed by atoms with van der Waals surface area (Å²) in [4.78, 5) is 0. The quantitative estimate of drug-likeness (QED) is 0.150. The molecule has 6 aromatic carbocycles. The van der Waals surface area contributed by atoms with Crippen LogP contribution < -0.4 is 0 Å². The first-order valence-corrected chi connectivity index (χ1v) is 18.9. The topological polar surface area (TPSA) is 0 Å². The van der Waals surface area contributed by atoms with E-state index in [1.165, 1.54) is 70.2 Å². The van der Waals surface area contributed by atoms with Gasteiger partial charge in [0.1, 0.15) is 0 Å². The van der Waals surface area contributed by atoms with Gasteiger partial charge in [0, 0.05) is 0 Å². The van der Waals surface area contributed by atoms with Crippen molar-refractivity contribution >= 4 is 0 Å². The molecule has 2 aliphatic rings. The molecule has 0 spiro atoms. The molecule has 0 aliphatic heterocycles. The van der Waals surface area contributed by atoms with Gasteiger partial charge in [0.05, 0.1) is 0 Å². The van der Waals surface area contributed by atoms with Crippen molar-refractivity contribution in [2.45, 2.75) is 101 Å². The van der Waals surface area contributed by atoms with Crippen molar-refractivity contribution < 1.29 is 0 Å². The molecule has 0 bridgehead atoms. The lowest BCUT2D eigenvalue weighted by atomic mass is 10.1. The molecule has 0 saturated heterocycles. The van der Waals surface area contributed by atoms with Crippen LogP contribution in [0.25, 0.3) is 22.3 Å². The molecular weight excluding hydrogens is 613 g/mol. The van der Waals surface area contributed by atoms with Crippen molar-refractivity contribution in [3.63, 3.8) is 0 Å². The van der Waals surface area contributed by atoms with Crippen LogP contribution in [0.3, 0.4) is 0 Å². The van der Waals surface area contributed by atoms with E-state index in [2.05, 4.69) is 152 Å². The molecule has 0 heteroatoms. The third kappa shape index (κ3) is 18.8. The summed E-state index contributed by atoms with van der Waals surface area (Å²) < 4.78 is 0. The van der Waals surface area contributed by atoms with Crippen LogP contribution in [0, 0.1) is 0 Å². The maximum atomic E-state index is 2.22. The first-order valence-electron chi connectivity index (χ1n) is 18.9. The minimum absolute atomic E-state index is 0. The highest BCUT2D eigenvalue weighted by molar-refractivity contribution is 5.77. The second kappa shape index (κ2) is 31.3. The van der Waals surface area contributed by atoms with Crippen LogP contribution >= 0.6 is 0 Å². The van der Waals surface area contributed by atoms with E-state index in [1.807, 2.05) is 72.8 Å². The standard InChI is InChI=1S/2C13H10.2C6H6.4C3H8.CH4/c2*1-3-7-12-10(5-1)9-11-6-2-4-8-13(11)12;2*1-2-4-6-5-3-1;4*1-3-2;/h2*1-8H,9H2;2*1-6H;4*3H2,1-2H3;1H4. The highest BCUT2D eigenvalue weighted by Gasteiger charge is 2.16. The van der Waals surface area contributed by atoms with Crippen molar-refractivity contribution in [2.75, 3.05) is 0 Å². The highest BCUT2D eigenvalue weighted by atomic mass is 14.2. The van der Waals surface area contributed by atoms with Crippen molar-refractivity contribution in [1.82, 2.24) is 0 Å². The summed E-state index contributed by atoms with van der Waals surface area (Å²) in [5.41, 5.74) is 11.5. The summed E-state index contributed by atoms with van der Waals surface area (Å²) in [7, 11) is 0. The van der Waals surface area contributed by atoms with Crippen LogP contribution in [0.15, 0.2) is 170 Å². The molecular formula is C51H68. The van der Waals surface area contributed by atoms with E-state index in [-0.39, 0.29) is 7.43 Å². The van der Waals surface area contributed by atoms with Crippen molar-refractivity contribution in [3.05, 3.63) is 192 Å². The molecule has 0 saturated carbocycles. The predicted octanol–water partition coefficient (Wildman–Crippen LogP) is 16.2. The molecule has 0 aromatic heterocycles. The fraction of sp³-hybridized carbons (Fsp3) is 0.294. The van der Waals surface area contributed by atoms with Crippen LogP contribution in [-0.2, 0) is 12.8 Å². The van der Waals surface area contributed by atoms with Gasteiger partial charge in [-0.3, -0.25) is 0 Å². The van der Waals surface area contributed by atoms with Gasteiger partial charge >= 0.3 is 0 Å². The summed E-state index contributed by atoms with van der Waals surface area (Å²) in [5.74, 6) is 0. The van der Waals surface area contributed by atoms with E-state index in [0.717, 1.165) is 12.8 Å². The van der Waals surface area contributed by atoms with E-state index in [9.17, 15) is 0 Å². The maximum Gasteiger partial charge on any atom is -0.00135 e. The number of hydrogen-bond acceptors (Lipinski definition) is 0. The minimum Gasteiger partial charge on any atom is -0.0776 e. The second-order valence-electron chi connectivity index (χ2n) is 12.1. The average molecular weight is 681 g/mol.